The monoisotopic (exact) mass is 1070 g/mol. The maximum atomic E-state index is 14.2. The molecule has 3 aromatic heterocycles. The number of likely N-dealkylation sites (tertiary alicyclic amines) is 1. The molecule has 77 heavy (non-hydrogen) atoms. The van der Waals surface area contributed by atoms with E-state index in [2.05, 4.69) is 62.7 Å². The minimum Gasteiger partial charge on any atom is -0.493 e. The second-order valence-corrected chi connectivity index (χ2v) is 21.3. The molecule has 3 amide bonds. The van der Waals surface area contributed by atoms with Gasteiger partial charge in [0.2, 0.25) is 11.8 Å². The van der Waals surface area contributed by atoms with E-state index in [1.54, 1.807) is 17.4 Å². The van der Waals surface area contributed by atoms with Gasteiger partial charge in [-0.3, -0.25) is 19.2 Å². The molecule has 410 valence electrons. The molecule has 0 aliphatic carbocycles. The first-order valence-electron chi connectivity index (χ1n) is 26.8. The number of carbonyl (C=O) groups is 3. The number of hydrogen-bond donors (Lipinski definition) is 4. The summed E-state index contributed by atoms with van der Waals surface area (Å²) in [6.07, 6.45) is 1.70. The highest BCUT2D eigenvalue weighted by molar-refractivity contribution is 7.13. The maximum absolute atomic E-state index is 14.2. The average Bonchev–Trinajstić information content (AvgIpc) is 4.18. The summed E-state index contributed by atoms with van der Waals surface area (Å²) >= 11 is 1.58. The van der Waals surface area contributed by atoms with E-state index in [1.807, 2.05) is 95.6 Å². The second kappa shape index (κ2) is 26.0. The molecular formula is C59H73N7O10S. The Morgan fingerprint density at radius 2 is 1.64 bits per heavy atom. The molecule has 2 fully saturated rings. The number of aromatic amines is 1. The Kier molecular flexibility index (Phi) is 19.0. The zero-order valence-corrected chi connectivity index (χ0v) is 46.3. The fourth-order valence-electron chi connectivity index (χ4n) is 10.4. The number of β-amino-alcohol motifs (C(OH)–C–C–N with tert-alkyl or cyclic N) is 1. The third kappa shape index (κ3) is 13.8. The molecule has 17 nitrogen and oxygen atoms in total. The summed E-state index contributed by atoms with van der Waals surface area (Å²) in [5, 5.41) is 20.8. The highest BCUT2D eigenvalue weighted by Crippen LogP contribution is 2.36. The molecule has 4 N–H and O–H groups in total. The van der Waals surface area contributed by atoms with Gasteiger partial charge in [0.25, 0.3) is 17.3 Å². The van der Waals surface area contributed by atoms with Gasteiger partial charge in [-0.1, -0.05) is 56.3 Å². The lowest BCUT2D eigenvalue weighted by atomic mass is 9.91. The van der Waals surface area contributed by atoms with Gasteiger partial charge in [-0.15, -0.1) is 11.3 Å². The van der Waals surface area contributed by atoms with E-state index in [4.69, 9.17) is 23.5 Å². The number of carbonyl (C=O) groups excluding carboxylic acids is 3. The van der Waals surface area contributed by atoms with Gasteiger partial charge in [0.1, 0.15) is 24.3 Å². The highest BCUT2D eigenvalue weighted by atomic mass is 32.1. The fraction of sp³-hybridized carbons (Fsp3) is 0.458. The number of hydrogen-bond acceptors (Lipinski definition) is 14. The standard InChI is InChI=1S/C59H73N7O10S/c1-9-65(45-19-23-73-24-20-45)49-29-44(12-11-36(49)4)43-17-18-51(47(28-43)56(68)60-32-48-37(5)27-38(6)62-57(48)69)74-22-10-21-72-25-26-75-53-31-52(76-64-53)54(35(2)3)59(71)66-33-46(67)30-50(66)58(70)63-39(7)41-13-15-42(16-14-41)55-40(8)61-34-77-55/h11-18,27-29,31,34-35,39,45-46,50,54,67H,9-10,19-26,30,32-33H2,1-8H3,(H,60,68)(H,62,69)(H,63,70)/t39?,46-,50+,54?/m1/s1. The molecule has 6 aromatic rings. The molecule has 18 heteroatoms. The molecule has 2 saturated heterocycles. The van der Waals surface area contributed by atoms with Crippen LogP contribution in [0.2, 0.25) is 0 Å². The van der Waals surface area contributed by atoms with Crippen molar-refractivity contribution in [1.82, 2.24) is 30.7 Å². The van der Waals surface area contributed by atoms with Crippen molar-refractivity contribution in [3.8, 4) is 33.2 Å². The molecule has 0 saturated carbocycles. The van der Waals surface area contributed by atoms with E-state index in [1.165, 1.54) is 10.5 Å². The number of nitrogens with zero attached hydrogens (tertiary/aromatic N) is 4. The maximum Gasteiger partial charge on any atom is 0.255 e. The largest absolute Gasteiger partial charge is 0.493 e. The number of pyridine rings is 1. The Hall–Kier alpha value is -6.86. The number of aromatic nitrogens is 3. The number of H-pyrrole nitrogens is 1. The topological polar surface area (TPSA) is 211 Å². The Balaban J connectivity index is 0.841. The number of aliphatic hydroxyl groups excluding tert-OH is 1. The van der Waals surface area contributed by atoms with Crippen molar-refractivity contribution in [2.24, 2.45) is 5.92 Å². The van der Waals surface area contributed by atoms with Crippen LogP contribution < -0.4 is 30.6 Å². The summed E-state index contributed by atoms with van der Waals surface area (Å²) in [6.45, 7) is 19.0. The van der Waals surface area contributed by atoms with Gasteiger partial charge in [0, 0.05) is 81.3 Å². The van der Waals surface area contributed by atoms with Crippen molar-refractivity contribution in [1.29, 1.82) is 0 Å². The van der Waals surface area contributed by atoms with Crippen LogP contribution in [0.5, 0.6) is 11.6 Å². The quantitative estimate of drug-likeness (QED) is 0.0443. The number of anilines is 1. The smallest absolute Gasteiger partial charge is 0.255 e. The SMILES string of the molecule is CCN(c1cc(-c2ccc(OCCCOCCOc3cc(C(C(=O)N4C[C@H](O)C[C@H]4C(=O)NC(C)c4ccc(-c5scnc5C)cc4)C(C)C)on3)c(C(=O)NCc3c(C)cc(C)[nH]c3=O)c2)ccc1C)C1CCOCC1. The van der Waals surface area contributed by atoms with Crippen LogP contribution in [0.3, 0.4) is 0 Å². The van der Waals surface area contributed by atoms with Gasteiger partial charge in [-0.05, 0) is 123 Å². The van der Waals surface area contributed by atoms with Gasteiger partial charge < -0.3 is 54.0 Å². The Bertz CT molecular complexity index is 3040. The van der Waals surface area contributed by atoms with Crippen LogP contribution in [0.25, 0.3) is 21.6 Å². The Morgan fingerprint density at radius 1 is 0.896 bits per heavy atom. The summed E-state index contributed by atoms with van der Waals surface area (Å²) < 4.78 is 29.3. The Labute approximate surface area is 454 Å². The molecule has 0 spiro atoms. The van der Waals surface area contributed by atoms with E-state index >= 15 is 0 Å². The normalized spacial score (nSPS) is 16.6. The summed E-state index contributed by atoms with van der Waals surface area (Å²) in [5.41, 5.74) is 11.0. The number of nitrogens with one attached hydrogen (secondary N) is 3. The number of aliphatic hydroxyl groups is 1. The summed E-state index contributed by atoms with van der Waals surface area (Å²) in [7, 11) is 0. The van der Waals surface area contributed by atoms with Crippen molar-refractivity contribution in [2.75, 3.05) is 57.6 Å². The molecule has 0 bridgehead atoms. The van der Waals surface area contributed by atoms with Gasteiger partial charge >= 0.3 is 0 Å². The lowest BCUT2D eigenvalue weighted by Gasteiger charge is -2.36. The number of benzene rings is 3. The molecule has 2 aliphatic rings. The summed E-state index contributed by atoms with van der Waals surface area (Å²) in [5.74, 6) is -1.18. The zero-order valence-electron chi connectivity index (χ0n) is 45.5. The van der Waals surface area contributed by atoms with Crippen LogP contribution in [0.1, 0.15) is 115 Å². The van der Waals surface area contributed by atoms with Gasteiger partial charge in [-0.2, -0.15) is 0 Å². The van der Waals surface area contributed by atoms with Crippen molar-refractivity contribution in [3.63, 3.8) is 0 Å². The predicted octanol–water partition coefficient (Wildman–Crippen LogP) is 8.77. The van der Waals surface area contributed by atoms with Crippen LogP contribution in [0, 0.1) is 33.6 Å². The van der Waals surface area contributed by atoms with E-state index in [0.29, 0.717) is 41.7 Å². The second-order valence-electron chi connectivity index (χ2n) is 20.4. The summed E-state index contributed by atoms with van der Waals surface area (Å²) in [6, 6.07) is 22.6. The van der Waals surface area contributed by atoms with Crippen molar-refractivity contribution in [3.05, 3.63) is 134 Å². The predicted molar refractivity (Wildman–Crippen MR) is 297 cm³/mol. The molecule has 8 rings (SSSR count). The molecule has 0 radical (unpaired) electrons. The van der Waals surface area contributed by atoms with E-state index in [9.17, 15) is 24.3 Å². The number of aryl methyl sites for hydroxylation is 4. The highest BCUT2D eigenvalue weighted by Gasteiger charge is 2.43. The Morgan fingerprint density at radius 3 is 2.35 bits per heavy atom. The van der Waals surface area contributed by atoms with Crippen molar-refractivity contribution >= 4 is 34.7 Å². The molecule has 2 unspecified atom stereocenters. The summed E-state index contributed by atoms with van der Waals surface area (Å²) in [4.78, 5) is 67.0. The lowest BCUT2D eigenvalue weighted by Crippen LogP contribution is -2.48. The lowest BCUT2D eigenvalue weighted by molar-refractivity contribution is -0.141. The fourth-order valence-corrected chi connectivity index (χ4v) is 11.2. The third-order valence-electron chi connectivity index (χ3n) is 14.5. The van der Waals surface area contributed by atoms with Crippen molar-refractivity contribution < 1.29 is 43.0 Å². The zero-order chi connectivity index (χ0) is 54.8. The number of amides is 3. The minimum atomic E-state index is -0.867. The number of ether oxygens (including phenoxy) is 4. The number of thiazole rings is 1. The van der Waals surface area contributed by atoms with Crippen LogP contribution >= 0.6 is 11.3 Å². The van der Waals surface area contributed by atoms with Crippen LogP contribution in [-0.2, 0) is 25.6 Å². The van der Waals surface area contributed by atoms with Crippen molar-refractivity contribution in [2.45, 2.75) is 118 Å². The van der Waals surface area contributed by atoms with Crippen LogP contribution in [-0.4, -0.2) is 114 Å². The van der Waals surface area contributed by atoms with E-state index in [0.717, 1.165) is 82.4 Å². The van der Waals surface area contributed by atoms with Gasteiger partial charge in [0.15, 0.2) is 5.76 Å². The van der Waals surface area contributed by atoms with E-state index < -0.39 is 18.1 Å². The van der Waals surface area contributed by atoms with E-state index in [-0.39, 0.29) is 80.5 Å². The molecule has 2 aliphatic heterocycles. The first-order valence-corrected chi connectivity index (χ1v) is 27.6. The molecular weight excluding hydrogens is 999 g/mol. The molecule has 4 atom stereocenters. The first-order chi connectivity index (χ1) is 37.1. The first kappa shape index (κ1) is 56.3. The minimum absolute atomic E-state index is 0.0160. The van der Waals surface area contributed by atoms with Crippen LogP contribution in [0.15, 0.2) is 87.6 Å². The molecule has 5 heterocycles. The third-order valence-corrected chi connectivity index (χ3v) is 15.5. The number of rotatable bonds is 23. The van der Waals surface area contributed by atoms with Crippen LogP contribution in [0.4, 0.5) is 5.69 Å². The van der Waals surface area contributed by atoms with Gasteiger partial charge in [0.05, 0.1) is 47.0 Å². The average molecular weight is 1070 g/mol. The van der Waals surface area contributed by atoms with Gasteiger partial charge in [-0.25, -0.2) is 4.98 Å². The molecule has 3 aromatic carbocycles.